The predicted octanol–water partition coefficient (Wildman–Crippen LogP) is 0.714. The molecular weight excluding hydrogens is 202 g/mol. The zero-order valence-electron chi connectivity index (χ0n) is 10.5. The number of hydrogen-bond donors (Lipinski definition) is 2. The summed E-state index contributed by atoms with van der Waals surface area (Å²) in [4.78, 5) is 13.8. The van der Waals surface area contributed by atoms with Gasteiger partial charge >= 0.3 is 0 Å². The Hall–Kier alpha value is -0.610. The van der Waals surface area contributed by atoms with E-state index in [0.29, 0.717) is 12.5 Å². The van der Waals surface area contributed by atoms with Crippen LogP contribution in [0.15, 0.2) is 0 Å². The van der Waals surface area contributed by atoms with E-state index in [-0.39, 0.29) is 11.9 Å². The van der Waals surface area contributed by atoms with E-state index in [2.05, 4.69) is 17.3 Å². The van der Waals surface area contributed by atoms with E-state index in [0.717, 1.165) is 25.9 Å². The van der Waals surface area contributed by atoms with Gasteiger partial charge in [-0.25, -0.2) is 0 Å². The number of nitrogens with two attached hydrogens (primary N) is 1. The molecule has 1 aliphatic heterocycles. The minimum Gasteiger partial charge on any atom is -0.355 e. The van der Waals surface area contributed by atoms with Gasteiger partial charge in [0.2, 0.25) is 5.91 Å². The Kier molecular flexibility index (Phi) is 5.77. The molecule has 1 heterocycles. The van der Waals surface area contributed by atoms with E-state index < -0.39 is 0 Å². The summed E-state index contributed by atoms with van der Waals surface area (Å²) >= 11 is 0. The van der Waals surface area contributed by atoms with Crippen molar-refractivity contribution < 1.29 is 4.79 Å². The van der Waals surface area contributed by atoms with Crippen molar-refractivity contribution in [2.45, 2.75) is 51.1 Å². The topological polar surface area (TPSA) is 58.4 Å². The number of carbonyl (C=O) groups is 1. The number of hydrogen-bond acceptors (Lipinski definition) is 3. The Balaban J connectivity index is 2.05. The lowest BCUT2D eigenvalue weighted by Gasteiger charge is -2.19. The molecule has 0 radical (unpaired) electrons. The SMILES string of the molecule is CC(N)CCCC(=O)NCC1CCCN1C. The fraction of sp³-hybridized carbons (Fsp3) is 0.917. The molecule has 2 unspecified atom stereocenters. The van der Waals surface area contributed by atoms with Crippen molar-refractivity contribution in [3.8, 4) is 0 Å². The van der Waals surface area contributed by atoms with Crippen LogP contribution in [0.25, 0.3) is 0 Å². The Morgan fingerprint density at radius 2 is 2.38 bits per heavy atom. The van der Waals surface area contributed by atoms with Crippen LogP contribution in [0.3, 0.4) is 0 Å². The average molecular weight is 227 g/mol. The zero-order valence-corrected chi connectivity index (χ0v) is 10.5. The van der Waals surface area contributed by atoms with Crippen molar-refractivity contribution in [1.82, 2.24) is 10.2 Å². The van der Waals surface area contributed by atoms with Crippen LogP contribution >= 0.6 is 0 Å². The summed E-state index contributed by atoms with van der Waals surface area (Å²) in [6.07, 6.45) is 4.89. The van der Waals surface area contributed by atoms with Gasteiger partial charge in [0.1, 0.15) is 0 Å². The zero-order chi connectivity index (χ0) is 12.0. The summed E-state index contributed by atoms with van der Waals surface area (Å²) in [5.74, 6) is 0.168. The lowest BCUT2D eigenvalue weighted by molar-refractivity contribution is -0.121. The average Bonchev–Trinajstić information content (AvgIpc) is 2.60. The highest BCUT2D eigenvalue weighted by atomic mass is 16.1. The van der Waals surface area contributed by atoms with E-state index in [1.807, 2.05) is 6.92 Å². The minimum absolute atomic E-state index is 0.168. The molecule has 1 saturated heterocycles. The van der Waals surface area contributed by atoms with Gasteiger partial charge in [-0.05, 0) is 46.2 Å². The number of nitrogens with zero attached hydrogens (tertiary/aromatic N) is 1. The van der Waals surface area contributed by atoms with Crippen molar-refractivity contribution in [1.29, 1.82) is 0 Å². The maximum Gasteiger partial charge on any atom is 0.220 e. The molecule has 2 atom stereocenters. The molecule has 1 aliphatic rings. The second-order valence-corrected chi connectivity index (χ2v) is 4.95. The van der Waals surface area contributed by atoms with E-state index >= 15 is 0 Å². The molecule has 0 bridgehead atoms. The minimum atomic E-state index is 0.168. The third-order valence-corrected chi connectivity index (χ3v) is 3.27. The first kappa shape index (κ1) is 13.5. The van der Waals surface area contributed by atoms with Crippen molar-refractivity contribution in [3.05, 3.63) is 0 Å². The lowest BCUT2D eigenvalue weighted by Crippen LogP contribution is -2.38. The number of rotatable bonds is 6. The second-order valence-electron chi connectivity index (χ2n) is 4.95. The summed E-state index contributed by atoms with van der Waals surface area (Å²) in [5, 5.41) is 3.01. The van der Waals surface area contributed by atoms with Gasteiger partial charge in [0.05, 0.1) is 0 Å². The maximum absolute atomic E-state index is 11.5. The Bertz CT molecular complexity index is 218. The molecule has 1 rings (SSSR count). The number of nitrogens with one attached hydrogen (secondary N) is 1. The van der Waals surface area contributed by atoms with Crippen molar-refractivity contribution in [3.63, 3.8) is 0 Å². The molecule has 1 amide bonds. The Labute approximate surface area is 98.6 Å². The van der Waals surface area contributed by atoms with Crippen LogP contribution in [-0.2, 0) is 4.79 Å². The molecule has 4 nitrogen and oxygen atoms in total. The first-order valence-corrected chi connectivity index (χ1v) is 6.32. The highest BCUT2D eigenvalue weighted by Crippen LogP contribution is 2.13. The van der Waals surface area contributed by atoms with Gasteiger partial charge in [-0.3, -0.25) is 4.79 Å². The summed E-state index contributed by atoms with van der Waals surface area (Å²) in [5.41, 5.74) is 5.63. The molecule has 0 spiro atoms. The normalized spacial score (nSPS) is 23.3. The summed E-state index contributed by atoms with van der Waals surface area (Å²) in [7, 11) is 2.12. The van der Waals surface area contributed by atoms with Gasteiger partial charge < -0.3 is 16.0 Å². The van der Waals surface area contributed by atoms with Crippen LogP contribution < -0.4 is 11.1 Å². The fourth-order valence-electron chi connectivity index (χ4n) is 2.14. The molecule has 4 heteroatoms. The predicted molar refractivity (Wildman–Crippen MR) is 66.2 cm³/mol. The highest BCUT2D eigenvalue weighted by Gasteiger charge is 2.20. The molecule has 0 aromatic heterocycles. The highest BCUT2D eigenvalue weighted by molar-refractivity contribution is 5.75. The van der Waals surface area contributed by atoms with Crippen molar-refractivity contribution in [2.75, 3.05) is 20.1 Å². The van der Waals surface area contributed by atoms with Crippen molar-refractivity contribution >= 4 is 5.91 Å². The number of carbonyl (C=O) groups excluding carboxylic acids is 1. The number of amides is 1. The third kappa shape index (κ3) is 4.94. The summed E-state index contributed by atoms with van der Waals surface area (Å²) in [6, 6.07) is 0.742. The Morgan fingerprint density at radius 3 is 2.94 bits per heavy atom. The second kappa shape index (κ2) is 6.86. The molecule has 1 fully saturated rings. The third-order valence-electron chi connectivity index (χ3n) is 3.27. The molecule has 0 aromatic carbocycles. The largest absolute Gasteiger partial charge is 0.355 e. The number of likely N-dealkylation sites (N-methyl/N-ethyl adjacent to an activating group) is 1. The van der Waals surface area contributed by atoms with Crippen LogP contribution in [0.5, 0.6) is 0 Å². The molecule has 16 heavy (non-hydrogen) atoms. The molecule has 0 aliphatic carbocycles. The van der Waals surface area contributed by atoms with Gasteiger partial charge in [0.15, 0.2) is 0 Å². The van der Waals surface area contributed by atoms with Crippen molar-refractivity contribution in [2.24, 2.45) is 5.73 Å². The quantitative estimate of drug-likeness (QED) is 0.703. The van der Waals surface area contributed by atoms with Gasteiger partial charge in [0, 0.05) is 25.0 Å². The van der Waals surface area contributed by atoms with Gasteiger partial charge in [-0.1, -0.05) is 0 Å². The molecule has 3 N–H and O–H groups in total. The molecule has 0 aromatic rings. The monoisotopic (exact) mass is 227 g/mol. The van der Waals surface area contributed by atoms with Crippen LogP contribution in [0, 0.1) is 0 Å². The maximum atomic E-state index is 11.5. The van der Waals surface area contributed by atoms with Crippen LogP contribution in [0.1, 0.15) is 39.0 Å². The van der Waals surface area contributed by atoms with E-state index in [1.54, 1.807) is 0 Å². The lowest BCUT2D eigenvalue weighted by atomic mass is 10.1. The molecule has 94 valence electrons. The van der Waals surface area contributed by atoms with Gasteiger partial charge in [-0.2, -0.15) is 0 Å². The van der Waals surface area contributed by atoms with E-state index in [4.69, 9.17) is 5.73 Å². The Morgan fingerprint density at radius 1 is 1.62 bits per heavy atom. The van der Waals surface area contributed by atoms with Crippen LogP contribution in [0.2, 0.25) is 0 Å². The van der Waals surface area contributed by atoms with Crippen LogP contribution in [-0.4, -0.2) is 43.0 Å². The first-order valence-electron chi connectivity index (χ1n) is 6.32. The van der Waals surface area contributed by atoms with E-state index in [1.165, 1.54) is 12.8 Å². The number of likely N-dealkylation sites (tertiary alicyclic amines) is 1. The molecular formula is C12H25N3O. The summed E-state index contributed by atoms with van der Waals surface area (Å²) < 4.78 is 0. The van der Waals surface area contributed by atoms with E-state index in [9.17, 15) is 4.79 Å². The standard InChI is InChI=1S/C12H25N3O/c1-10(13)5-3-7-12(16)14-9-11-6-4-8-15(11)2/h10-11H,3-9,13H2,1-2H3,(H,14,16). The first-order chi connectivity index (χ1) is 7.59. The van der Waals surface area contributed by atoms with Gasteiger partial charge in [-0.15, -0.1) is 0 Å². The molecule has 0 saturated carbocycles. The summed E-state index contributed by atoms with van der Waals surface area (Å²) in [6.45, 7) is 3.93. The van der Waals surface area contributed by atoms with Gasteiger partial charge in [0.25, 0.3) is 0 Å². The van der Waals surface area contributed by atoms with Crippen LogP contribution in [0.4, 0.5) is 0 Å². The smallest absolute Gasteiger partial charge is 0.220 e. The fourth-order valence-corrected chi connectivity index (χ4v) is 2.14.